The van der Waals surface area contributed by atoms with Crippen LogP contribution in [0.5, 0.6) is 0 Å². The molecule has 2 aliphatic rings. The molecule has 0 bridgehead atoms. The molecule has 2 amide bonds. The molecule has 15 heavy (non-hydrogen) atoms. The molecule has 1 atom stereocenters. The lowest BCUT2D eigenvalue weighted by Gasteiger charge is -2.33. The number of rotatable bonds is 0. The molecule has 0 aliphatic carbocycles. The minimum Gasteiger partial charge on any atom is -0.328 e. The number of hydrogen-bond donors (Lipinski definition) is 2. The minimum atomic E-state index is 0.148. The number of urea groups is 1. The van der Waals surface area contributed by atoms with Gasteiger partial charge in [0.25, 0.3) is 0 Å². The van der Waals surface area contributed by atoms with Crippen molar-refractivity contribution in [3.05, 3.63) is 0 Å². The predicted molar refractivity (Wildman–Crippen MR) is 58.3 cm³/mol. The molecule has 4 N–H and O–H groups in total. The summed E-state index contributed by atoms with van der Waals surface area (Å²) >= 11 is 0. The van der Waals surface area contributed by atoms with E-state index in [1.807, 2.05) is 9.80 Å². The normalized spacial score (nSPS) is 28.5. The van der Waals surface area contributed by atoms with E-state index >= 15 is 0 Å². The molecule has 0 aromatic heterocycles. The molecule has 0 aromatic carbocycles. The molecule has 86 valence electrons. The lowest BCUT2D eigenvalue weighted by Crippen LogP contribution is -2.48. The van der Waals surface area contributed by atoms with Crippen LogP contribution in [-0.4, -0.2) is 54.1 Å². The van der Waals surface area contributed by atoms with E-state index in [0.29, 0.717) is 6.54 Å². The molecule has 2 fully saturated rings. The Morgan fingerprint density at radius 1 is 0.933 bits per heavy atom. The fourth-order valence-corrected chi connectivity index (χ4v) is 2.25. The minimum absolute atomic E-state index is 0.148. The fourth-order valence-electron chi connectivity index (χ4n) is 2.25. The van der Waals surface area contributed by atoms with Crippen molar-refractivity contribution in [2.45, 2.75) is 31.3 Å². The summed E-state index contributed by atoms with van der Waals surface area (Å²) in [7, 11) is 0. The summed E-state index contributed by atoms with van der Waals surface area (Å²) in [5.41, 5.74) is 11.6. The molecule has 0 aromatic rings. The van der Waals surface area contributed by atoms with Crippen molar-refractivity contribution in [3.8, 4) is 0 Å². The molecule has 2 rings (SSSR count). The van der Waals surface area contributed by atoms with E-state index in [1.165, 1.54) is 0 Å². The van der Waals surface area contributed by atoms with Crippen LogP contribution in [0.25, 0.3) is 0 Å². The highest BCUT2D eigenvalue weighted by molar-refractivity contribution is 5.75. The van der Waals surface area contributed by atoms with Gasteiger partial charge >= 0.3 is 6.03 Å². The Hall–Kier alpha value is -0.810. The molecule has 2 heterocycles. The van der Waals surface area contributed by atoms with E-state index in [1.54, 1.807) is 0 Å². The first-order chi connectivity index (χ1) is 7.16. The predicted octanol–water partition coefficient (Wildman–Crippen LogP) is -0.437. The lowest BCUT2D eigenvalue weighted by molar-refractivity contribution is 0.148. The van der Waals surface area contributed by atoms with Crippen molar-refractivity contribution in [2.75, 3.05) is 26.2 Å². The molecule has 1 unspecified atom stereocenters. The van der Waals surface area contributed by atoms with Crippen molar-refractivity contribution >= 4 is 6.03 Å². The number of amides is 2. The Morgan fingerprint density at radius 3 is 2.00 bits per heavy atom. The zero-order chi connectivity index (χ0) is 10.8. The molecule has 0 saturated carbocycles. The van der Waals surface area contributed by atoms with Crippen molar-refractivity contribution < 1.29 is 4.79 Å². The largest absolute Gasteiger partial charge is 0.328 e. The lowest BCUT2D eigenvalue weighted by atomic mass is 10.1. The zero-order valence-corrected chi connectivity index (χ0v) is 9.06. The fraction of sp³-hybridized carbons (Fsp3) is 0.900. The monoisotopic (exact) mass is 212 g/mol. The Labute approximate surface area is 90.4 Å². The van der Waals surface area contributed by atoms with E-state index in [2.05, 4.69) is 0 Å². The summed E-state index contributed by atoms with van der Waals surface area (Å²) in [5, 5.41) is 0. The Balaban J connectivity index is 1.85. The summed E-state index contributed by atoms with van der Waals surface area (Å²) < 4.78 is 0. The zero-order valence-electron chi connectivity index (χ0n) is 9.06. The maximum Gasteiger partial charge on any atom is 0.320 e. The second-order valence-corrected chi connectivity index (χ2v) is 4.60. The van der Waals surface area contributed by atoms with Gasteiger partial charge in [-0.15, -0.1) is 0 Å². The van der Waals surface area contributed by atoms with Gasteiger partial charge < -0.3 is 21.3 Å². The van der Waals surface area contributed by atoms with Gasteiger partial charge in [0.05, 0.1) is 0 Å². The van der Waals surface area contributed by atoms with E-state index in [-0.39, 0.29) is 18.1 Å². The van der Waals surface area contributed by atoms with Crippen LogP contribution in [0.1, 0.15) is 19.3 Å². The SMILES string of the molecule is NC1CCN(C(=O)N2CCC(N)C2)CC1. The van der Waals surface area contributed by atoms with Gasteiger partial charge in [0.15, 0.2) is 0 Å². The van der Waals surface area contributed by atoms with Gasteiger partial charge in [-0.3, -0.25) is 0 Å². The summed E-state index contributed by atoms with van der Waals surface area (Å²) in [4.78, 5) is 15.8. The number of piperidine rings is 1. The van der Waals surface area contributed by atoms with Crippen LogP contribution in [0.4, 0.5) is 4.79 Å². The number of hydrogen-bond acceptors (Lipinski definition) is 3. The van der Waals surface area contributed by atoms with Crippen LogP contribution < -0.4 is 11.5 Å². The highest BCUT2D eigenvalue weighted by Crippen LogP contribution is 2.14. The van der Waals surface area contributed by atoms with Crippen molar-refractivity contribution in [3.63, 3.8) is 0 Å². The third-order valence-electron chi connectivity index (χ3n) is 3.31. The van der Waals surface area contributed by atoms with E-state index in [0.717, 1.165) is 38.9 Å². The smallest absolute Gasteiger partial charge is 0.320 e. The Morgan fingerprint density at radius 2 is 1.47 bits per heavy atom. The Bertz CT molecular complexity index is 238. The summed E-state index contributed by atoms with van der Waals surface area (Å²) in [5.74, 6) is 0. The number of carbonyl (C=O) groups is 1. The van der Waals surface area contributed by atoms with E-state index in [9.17, 15) is 4.79 Å². The molecule has 5 nitrogen and oxygen atoms in total. The molecule has 2 saturated heterocycles. The van der Waals surface area contributed by atoms with Crippen LogP contribution in [0.3, 0.4) is 0 Å². The van der Waals surface area contributed by atoms with Crippen LogP contribution in [0.2, 0.25) is 0 Å². The van der Waals surface area contributed by atoms with E-state index in [4.69, 9.17) is 11.5 Å². The Kier molecular flexibility index (Phi) is 3.11. The highest BCUT2D eigenvalue weighted by atomic mass is 16.2. The van der Waals surface area contributed by atoms with Gasteiger partial charge in [-0.05, 0) is 19.3 Å². The number of nitrogens with two attached hydrogens (primary N) is 2. The van der Waals surface area contributed by atoms with Gasteiger partial charge in [-0.2, -0.15) is 0 Å². The maximum atomic E-state index is 12.0. The first-order valence-corrected chi connectivity index (χ1v) is 5.72. The van der Waals surface area contributed by atoms with Gasteiger partial charge in [0.1, 0.15) is 0 Å². The second kappa shape index (κ2) is 4.37. The van der Waals surface area contributed by atoms with Crippen LogP contribution in [0, 0.1) is 0 Å². The topological polar surface area (TPSA) is 75.6 Å². The summed E-state index contributed by atoms with van der Waals surface area (Å²) in [6, 6.07) is 0.589. The number of likely N-dealkylation sites (tertiary alicyclic amines) is 2. The van der Waals surface area contributed by atoms with Crippen LogP contribution >= 0.6 is 0 Å². The third kappa shape index (κ3) is 2.41. The van der Waals surface area contributed by atoms with Crippen LogP contribution in [-0.2, 0) is 0 Å². The average Bonchev–Trinajstić information content (AvgIpc) is 2.65. The van der Waals surface area contributed by atoms with E-state index < -0.39 is 0 Å². The molecule has 0 spiro atoms. The average molecular weight is 212 g/mol. The molecule has 2 aliphatic heterocycles. The number of nitrogens with zero attached hydrogens (tertiary/aromatic N) is 2. The first kappa shape index (κ1) is 10.7. The summed E-state index contributed by atoms with van der Waals surface area (Å²) in [6.45, 7) is 3.11. The first-order valence-electron chi connectivity index (χ1n) is 5.72. The number of carbonyl (C=O) groups excluding carboxylic acids is 1. The van der Waals surface area contributed by atoms with Crippen molar-refractivity contribution in [2.24, 2.45) is 11.5 Å². The van der Waals surface area contributed by atoms with Crippen LogP contribution in [0.15, 0.2) is 0 Å². The molecular weight excluding hydrogens is 192 g/mol. The highest BCUT2D eigenvalue weighted by Gasteiger charge is 2.29. The standard InChI is InChI=1S/C10H20N4O/c11-8-1-4-13(5-2-8)10(15)14-6-3-9(12)7-14/h8-9H,1-7,11-12H2. The van der Waals surface area contributed by atoms with Crippen molar-refractivity contribution in [1.29, 1.82) is 0 Å². The molecule has 0 radical (unpaired) electrons. The second-order valence-electron chi connectivity index (χ2n) is 4.60. The molecule has 5 heteroatoms. The van der Waals surface area contributed by atoms with Gasteiger partial charge in [0, 0.05) is 38.3 Å². The molecular formula is C10H20N4O. The van der Waals surface area contributed by atoms with Gasteiger partial charge in [-0.25, -0.2) is 4.79 Å². The quantitative estimate of drug-likeness (QED) is 0.571. The van der Waals surface area contributed by atoms with Gasteiger partial charge in [-0.1, -0.05) is 0 Å². The van der Waals surface area contributed by atoms with Gasteiger partial charge in [0.2, 0.25) is 0 Å². The summed E-state index contributed by atoms with van der Waals surface area (Å²) in [6.07, 6.45) is 2.77. The maximum absolute atomic E-state index is 12.0. The van der Waals surface area contributed by atoms with Crippen molar-refractivity contribution in [1.82, 2.24) is 9.80 Å². The third-order valence-corrected chi connectivity index (χ3v) is 3.31.